The molecule has 5 heterocycles. The van der Waals surface area contributed by atoms with Gasteiger partial charge in [-0.05, 0) is 76.8 Å². The third-order valence-electron chi connectivity index (χ3n) is 8.32. The lowest BCUT2D eigenvalue weighted by molar-refractivity contribution is 0.129. The molecule has 0 unspecified atom stereocenters. The van der Waals surface area contributed by atoms with Crippen molar-refractivity contribution in [2.45, 2.75) is 35.9 Å². The Hall–Kier alpha value is -4.43. The average Bonchev–Trinajstić information content (AvgIpc) is 3.78. The highest BCUT2D eigenvalue weighted by Crippen LogP contribution is 2.44. The molecular weight excluding hydrogens is 664 g/mol. The third kappa shape index (κ3) is 5.31. The fraction of sp³-hybridized carbons (Fsp3) is 0.290. The SMILES string of the molecule is Nc1ncnc2c1nc(Sc1cc3c(cc1Br)OCO3)n2CCC1CCN(C(=O)Oc2cccc3cc4c(cc23)OCO4)CC1. The Morgan fingerprint density at radius 2 is 1.73 bits per heavy atom. The first-order valence-electron chi connectivity index (χ1n) is 14.5. The highest BCUT2D eigenvalue weighted by atomic mass is 79.9. The Morgan fingerprint density at radius 1 is 1.00 bits per heavy atom. The monoisotopic (exact) mass is 690 g/mol. The van der Waals surface area contributed by atoms with Gasteiger partial charge in [-0.2, -0.15) is 0 Å². The summed E-state index contributed by atoms with van der Waals surface area (Å²) in [6.07, 6.45) is 3.74. The molecule has 3 aliphatic heterocycles. The van der Waals surface area contributed by atoms with Gasteiger partial charge in [0.05, 0.1) is 0 Å². The summed E-state index contributed by atoms with van der Waals surface area (Å²) < 4.78 is 31.0. The number of halogens is 1. The average molecular weight is 692 g/mol. The third-order valence-corrected chi connectivity index (χ3v) is 10.3. The molecule has 14 heteroatoms. The minimum absolute atomic E-state index is 0.187. The second-order valence-electron chi connectivity index (χ2n) is 11.0. The highest BCUT2D eigenvalue weighted by Gasteiger charge is 2.27. The van der Waals surface area contributed by atoms with Gasteiger partial charge in [0.25, 0.3) is 0 Å². The van der Waals surface area contributed by atoms with Crippen molar-refractivity contribution in [1.29, 1.82) is 0 Å². The predicted molar refractivity (Wildman–Crippen MR) is 169 cm³/mol. The van der Waals surface area contributed by atoms with E-state index in [1.807, 2.05) is 36.4 Å². The summed E-state index contributed by atoms with van der Waals surface area (Å²) in [5.74, 6) is 4.00. The van der Waals surface area contributed by atoms with E-state index in [1.54, 1.807) is 11.0 Å². The molecule has 0 atom stereocenters. The minimum Gasteiger partial charge on any atom is -0.454 e. The number of carbonyl (C=O) groups excluding carboxylic acids is 1. The number of likely N-dealkylation sites (tertiary alicyclic amines) is 1. The molecule has 1 amide bonds. The first-order valence-corrected chi connectivity index (χ1v) is 16.1. The zero-order chi connectivity index (χ0) is 30.5. The van der Waals surface area contributed by atoms with Gasteiger partial charge in [0.15, 0.2) is 45.1 Å². The van der Waals surface area contributed by atoms with Crippen LogP contribution in [0, 0.1) is 5.92 Å². The van der Waals surface area contributed by atoms with E-state index in [4.69, 9.17) is 34.4 Å². The molecule has 2 N–H and O–H groups in total. The number of aryl methyl sites for hydroxylation is 1. The molecule has 1 fully saturated rings. The Kier molecular flexibility index (Phi) is 7.17. The van der Waals surface area contributed by atoms with Crippen molar-refractivity contribution in [2.75, 3.05) is 32.4 Å². The van der Waals surface area contributed by atoms with Gasteiger partial charge in [0.2, 0.25) is 13.6 Å². The standard InChI is InChI=1S/C31H27BrN6O6S/c32-20-12-24-25(43-16-42-24)13-26(20)45-30-36-27-28(33)34-14-35-29(27)38(30)9-6-17-4-7-37(8-5-17)31(39)44-21-3-1-2-18-10-22-23(11-19(18)21)41-15-40-22/h1-3,10-14,17H,4-9,15-16H2,(H2,33,34,35). The number of anilines is 1. The number of fused-ring (bicyclic) bond motifs is 4. The fourth-order valence-electron chi connectivity index (χ4n) is 5.89. The van der Waals surface area contributed by atoms with E-state index in [0.717, 1.165) is 44.6 Å². The maximum Gasteiger partial charge on any atom is 0.415 e. The number of benzene rings is 3. The van der Waals surface area contributed by atoms with Gasteiger partial charge >= 0.3 is 6.09 Å². The number of piperidine rings is 1. The number of carbonyl (C=O) groups is 1. The molecule has 0 aliphatic carbocycles. The van der Waals surface area contributed by atoms with Crippen molar-refractivity contribution in [3.05, 3.63) is 53.3 Å². The van der Waals surface area contributed by atoms with Crippen molar-refractivity contribution in [3.63, 3.8) is 0 Å². The first-order chi connectivity index (χ1) is 22.0. The number of hydrogen-bond acceptors (Lipinski definition) is 11. The second-order valence-corrected chi connectivity index (χ2v) is 12.8. The van der Waals surface area contributed by atoms with E-state index in [1.165, 1.54) is 18.1 Å². The summed E-state index contributed by atoms with van der Waals surface area (Å²) in [4.78, 5) is 29.4. The van der Waals surface area contributed by atoms with Crippen molar-refractivity contribution >= 4 is 61.5 Å². The van der Waals surface area contributed by atoms with Crippen LogP contribution in [-0.4, -0.2) is 57.2 Å². The van der Waals surface area contributed by atoms with Crippen molar-refractivity contribution in [2.24, 2.45) is 5.92 Å². The molecule has 230 valence electrons. The van der Waals surface area contributed by atoms with Crippen LogP contribution in [0.4, 0.5) is 10.6 Å². The molecule has 3 aromatic carbocycles. The number of ether oxygens (including phenoxy) is 5. The predicted octanol–water partition coefficient (Wildman–Crippen LogP) is 6.23. The zero-order valence-electron chi connectivity index (χ0n) is 23.9. The van der Waals surface area contributed by atoms with Crippen molar-refractivity contribution < 1.29 is 28.5 Å². The largest absolute Gasteiger partial charge is 0.454 e. The lowest BCUT2D eigenvalue weighted by Gasteiger charge is -2.31. The molecule has 45 heavy (non-hydrogen) atoms. The van der Waals surface area contributed by atoms with Crippen molar-refractivity contribution in [3.8, 4) is 28.7 Å². The number of amides is 1. The lowest BCUT2D eigenvalue weighted by atomic mass is 9.94. The van der Waals surface area contributed by atoms with Gasteiger partial charge in [-0.25, -0.2) is 19.7 Å². The number of nitrogens with two attached hydrogens (primary N) is 1. The van der Waals surface area contributed by atoms with Crippen LogP contribution in [0.2, 0.25) is 0 Å². The zero-order valence-corrected chi connectivity index (χ0v) is 26.3. The molecule has 0 spiro atoms. The minimum atomic E-state index is -0.348. The van der Waals surface area contributed by atoms with Crippen LogP contribution in [0.1, 0.15) is 19.3 Å². The van der Waals surface area contributed by atoms with Crippen LogP contribution in [0.15, 0.2) is 63.3 Å². The molecule has 5 aromatic rings. The number of aromatic nitrogens is 4. The molecule has 2 aromatic heterocycles. The number of nitrogens with zero attached hydrogens (tertiary/aromatic N) is 5. The highest BCUT2D eigenvalue weighted by molar-refractivity contribution is 9.10. The van der Waals surface area contributed by atoms with Gasteiger partial charge in [-0.15, -0.1) is 0 Å². The van der Waals surface area contributed by atoms with Gasteiger partial charge in [-0.3, -0.25) is 0 Å². The maximum atomic E-state index is 13.2. The van der Waals surface area contributed by atoms with Gasteiger partial charge in [0, 0.05) is 34.4 Å². The summed E-state index contributed by atoms with van der Waals surface area (Å²) in [5, 5.41) is 2.49. The van der Waals surface area contributed by atoms with Gasteiger partial charge in [-0.1, -0.05) is 23.9 Å². The molecular formula is C31H27BrN6O6S. The summed E-state index contributed by atoms with van der Waals surface area (Å²) in [6, 6.07) is 13.2. The number of rotatable bonds is 6. The Balaban J connectivity index is 0.941. The van der Waals surface area contributed by atoms with Gasteiger partial charge in [0.1, 0.15) is 12.1 Å². The van der Waals surface area contributed by atoms with E-state index < -0.39 is 0 Å². The maximum absolute atomic E-state index is 13.2. The van der Waals surface area contributed by atoms with E-state index in [0.29, 0.717) is 71.3 Å². The Labute approximate surface area is 269 Å². The second kappa shape index (κ2) is 11.5. The smallest absolute Gasteiger partial charge is 0.415 e. The van der Waals surface area contributed by atoms with E-state index in [2.05, 4.69) is 30.5 Å². The van der Waals surface area contributed by atoms with Crippen LogP contribution < -0.4 is 29.4 Å². The molecule has 1 saturated heterocycles. The topological polar surface area (TPSA) is 136 Å². The molecule has 0 saturated carbocycles. The van der Waals surface area contributed by atoms with Gasteiger partial charge < -0.3 is 38.9 Å². The Morgan fingerprint density at radius 3 is 2.53 bits per heavy atom. The number of imidazole rings is 1. The molecule has 3 aliphatic rings. The van der Waals surface area contributed by atoms with Crippen LogP contribution in [0.25, 0.3) is 21.9 Å². The molecule has 0 bridgehead atoms. The van der Waals surface area contributed by atoms with Crippen LogP contribution >= 0.6 is 27.7 Å². The lowest BCUT2D eigenvalue weighted by Crippen LogP contribution is -2.40. The van der Waals surface area contributed by atoms with E-state index >= 15 is 0 Å². The molecule has 0 radical (unpaired) electrons. The quantitative estimate of drug-likeness (QED) is 0.217. The Bertz CT molecular complexity index is 1960. The summed E-state index contributed by atoms with van der Waals surface area (Å²) in [7, 11) is 0. The normalized spacial score (nSPS) is 15.7. The summed E-state index contributed by atoms with van der Waals surface area (Å²) in [5.41, 5.74) is 7.46. The van der Waals surface area contributed by atoms with Crippen LogP contribution in [0.5, 0.6) is 28.7 Å². The summed E-state index contributed by atoms with van der Waals surface area (Å²) >= 11 is 5.16. The van der Waals surface area contributed by atoms with Crippen molar-refractivity contribution in [1.82, 2.24) is 24.4 Å². The number of nitrogen functional groups attached to an aromatic ring is 1. The van der Waals surface area contributed by atoms with E-state index in [-0.39, 0.29) is 19.7 Å². The van der Waals surface area contributed by atoms with Crippen LogP contribution in [-0.2, 0) is 6.54 Å². The molecule has 8 rings (SSSR count). The van der Waals surface area contributed by atoms with Crippen LogP contribution in [0.3, 0.4) is 0 Å². The first kappa shape index (κ1) is 28.1. The molecule has 12 nitrogen and oxygen atoms in total. The fourth-order valence-corrected chi connectivity index (χ4v) is 7.40. The summed E-state index contributed by atoms with van der Waals surface area (Å²) in [6.45, 7) is 2.32. The van der Waals surface area contributed by atoms with E-state index in [9.17, 15) is 4.79 Å². The number of hydrogen-bond donors (Lipinski definition) is 1.